The summed E-state index contributed by atoms with van der Waals surface area (Å²) in [4.78, 5) is 0. The van der Waals surface area contributed by atoms with Gasteiger partial charge in [0.1, 0.15) is 0 Å². The largest absolute Gasteiger partial charge is 2.00 e. The Morgan fingerprint density at radius 1 is 1.07 bits per heavy atom. The summed E-state index contributed by atoms with van der Waals surface area (Å²) in [5.74, 6) is 0. The van der Waals surface area contributed by atoms with Gasteiger partial charge in [-0.1, -0.05) is 0 Å². The van der Waals surface area contributed by atoms with Crippen LogP contribution in [0.15, 0.2) is 0 Å². The SMILES string of the molecule is O=[S-](=O)O.OB(O)O.[O]=[Cr](=[O])([O-])[O-].[Pb+2]. The van der Waals surface area contributed by atoms with Crippen molar-refractivity contribution in [2.24, 2.45) is 0 Å². The molecule has 0 spiro atoms. The molecule has 0 rings (SSSR count). The Kier molecular flexibility index (Phi) is 23.9. The molecule has 0 fully saturated rings. The first-order valence-electron chi connectivity index (χ1n) is 1.96. The molecule has 0 aromatic carbocycles. The average molecular weight is 466 g/mol. The fourth-order valence-corrected chi connectivity index (χ4v) is 0. The van der Waals surface area contributed by atoms with E-state index in [9.17, 15) is 0 Å². The van der Waals surface area contributed by atoms with E-state index in [0.717, 1.165) is 0 Å². The maximum absolute atomic E-state index is 8.59. The average Bonchev–Trinajstić information content (AvgIpc) is 1.50. The molecule has 2 radical (unpaired) electrons. The molecule has 84 valence electrons. The molecule has 0 heterocycles. The molecule has 0 aliphatic heterocycles. The Balaban J connectivity index is -0.0000000522. The summed E-state index contributed by atoms with van der Waals surface area (Å²) < 4.78 is 58.5. The van der Waals surface area contributed by atoms with Gasteiger partial charge in [-0.25, -0.2) is 0 Å². The van der Waals surface area contributed by atoms with Crippen molar-refractivity contribution in [3.05, 3.63) is 0 Å². The first kappa shape index (κ1) is 24.2. The van der Waals surface area contributed by atoms with Gasteiger partial charge in [0.25, 0.3) is 0 Å². The summed E-state index contributed by atoms with van der Waals surface area (Å²) in [6.07, 6.45) is 0. The zero-order chi connectivity index (χ0) is 11.7. The van der Waals surface area contributed by atoms with Crippen molar-refractivity contribution in [1.29, 1.82) is 0 Å². The molecule has 0 saturated carbocycles. The van der Waals surface area contributed by atoms with Crippen LogP contribution in [0.1, 0.15) is 0 Å². The van der Waals surface area contributed by atoms with Gasteiger partial charge in [0.15, 0.2) is 0 Å². The van der Waals surface area contributed by atoms with Gasteiger partial charge in [-0.3, -0.25) is 0 Å². The predicted octanol–water partition coefficient (Wildman–Crippen LogP) is -5.28. The van der Waals surface area contributed by atoms with Gasteiger partial charge >= 0.3 is 64.2 Å². The Morgan fingerprint density at radius 3 is 1.07 bits per heavy atom. The van der Waals surface area contributed by atoms with E-state index in [1.807, 2.05) is 0 Å². The molecule has 0 aliphatic carbocycles. The van der Waals surface area contributed by atoms with Gasteiger partial charge in [-0.05, 0) is 0 Å². The molecule has 14 heteroatoms. The monoisotopic (exact) mass is 467 g/mol. The van der Waals surface area contributed by atoms with E-state index in [4.69, 9.17) is 44.0 Å². The second kappa shape index (κ2) is 13.8. The topological polar surface area (TPSA) is 195 Å². The molecule has 0 aliphatic rings. The molecule has 4 N–H and O–H groups in total. The second-order valence-corrected chi connectivity index (χ2v) is 2.68. The van der Waals surface area contributed by atoms with E-state index in [0.29, 0.717) is 0 Å². The summed E-state index contributed by atoms with van der Waals surface area (Å²) in [7, 11) is -5.03. The number of rotatable bonds is 0. The standard InChI is InChI=1S/BH3O3.Cr.HO3S.4O.Pb/c2-1(3)4;;1-4(2)3;;;;;/h2-4H;;(H,1,2,3);;;;;/q;;-1;;;2*-1;+2. The van der Waals surface area contributed by atoms with E-state index in [1.54, 1.807) is 0 Å². The van der Waals surface area contributed by atoms with Crippen LogP contribution in [0, 0.1) is 0 Å². The summed E-state index contributed by atoms with van der Waals surface area (Å²) in [6.45, 7) is 0. The van der Waals surface area contributed by atoms with Gasteiger partial charge in [0, 0.05) is 11.0 Å². The van der Waals surface area contributed by atoms with Crippen molar-refractivity contribution >= 4 is 45.6 Å². The smallest absolute Gasteiger partial charge is 2.00 e. The minimum Gasteiger partial charge on any atom is 2.00 e. The number of hydrogen-bond donors (Lipinski definition) is 4. The summed E-state index contributed by atoms with van der Waals surface area (Å²) >= 11 is -5.75. The van der Waals surface area contributed by atoms with Crippen LogP contribution in [0.3, 0.4) is 0 Å². The first-order valence-corrected chi connectivity index (χ1v) is 5.07. The summed E-state index contributed by atoms with van der Waals surface area (Å²) in [5.41, 5.74) is 0. The zero-order valence-electron chi connectivity index (χ0n) is 6.13. The van der Waals surface area contributed by atoms with Crippen LogP contribution in [0.2, 0.25) is 0 Å². The molecule has 0 saturated heterocycles. The minimum absolute atomic E-state index is 0. The van der Waals surface area contributed by atoms with Gasteiger partial charge < -0.3 is 28.0 Å². The van der Waals surface area contributed by atoms with E-state index >= 15 is 0 Å². The van der Waals surface area contributed by atoms with Crippen LogP contribution in [-0.4, -0.2) is 54.2 Å². The van der Waals surface area contributed by atoms with Crippen LogP contribution in [0.5, 0.6) is 0 Å². The van der Waals surface area contributed by atoms with Gasteiger partial charge in [0.2, 0.25) is 0 Å². The van der Waals surface area contributed by atoms with Crippen molar-refractivity contribution in [2.75, 3.05) is 0 Å². The zero-order valence-corrected chi connectivity index (χ0v) is 12.1. The molecule has 0 amide bonds. The Hall–Kier alpha value is 0.829. The van der Waals surface area contributed by atoms with Crippen molar-refractivity contribution in [2.45, 2.75) is 0 Å². The van der Waals surface area contributed by atoms with E-state index in [1.165, 1.54) is 0 Å². The quantitative estimate of drug-likeness (QED) is 0.116. The molecule has 0 aromatic rings. The fraction of sp³-hybridized carbons (Fsp3) is 0. The number of hydrogen-bond acceptors (Lipinski definition) is 10. The van der Waals surface area contributed by atoms with Gasteiger partial charge in [-0.15, -0.1) is 0 Å². The van der Waals surface area contributed by atoms with Crippen LogP contribution >= 0.6 is 0 Å². The maximum Gasteiger partial charge on any atom is 2.00 e. The third kappa shape index (κ3) is 2610. The van der Waals surface area contributed by atoms with Crippen LogP contribution < -0.4 is 8.32 Å². The summed E-state index contributed by atoms with van der Waals surface area (Å²) in [6, 6.07) is 0. The molecular weight excluding hydrogens is 462 g/mol. The molecule has 0 unspecified atom stereocenters. The molecule has 14 heavy (non-hydrogen) atoms. The molecule has 0 atom stereocenters. The van der Waals surface area contributed by atoms with Crippen LogP contribution in [0.25, 0.3) is 0 Å². The van der Waals surface area contributed by atoms with Crippen LogP contribution in [-0.2, 0) is 40.6 Å². The predicted molar refractivity (Wildman–Crippen MR) is 30.9 cm³/mol. The third-order valence-corrected chi connectivity index (χ3v) is 0. The Morgan fingerprint density at radius 2 is 1.07 bits per heavy atom. The third-order valence-electron chi connectivity index (χ3n) is 0. The molecule has 0 bridgehead atoms. The minimum atomic E-state index is -5.75. The van der Waals surface area contributed by atoms with Gasteiger partial charge in [0.05, 0.1) is 0 Å². The van der Waals surface area contributed by atoms with Crippen molar-refractivity contribution in [3.63, 3.8) is 0 Å². The van der Waals surface area contributed by atoms with E-state index in [-0.39, 0.29) is 27.3 Å². The van der Waals surface area contributed by atoms with E-state index < -0.39 is 31.9 Å². The Labute approximate surface area is 103 Å². The molecule has 10 nitrogen and oxygen atoms in total. The van der Waals surface area contributed by atoms with Crippen LogP contribution in [0.4, 0.5) is 0 Å². The second-order valence-electron chi connectivity index (χ2n) is 0.972. The normalized spacial score (nSPS) is 8.50. The van der Waals surface area contributed by atoms with Crippen molar-refractivity contribution in [3.8, 4) is 0 Å². The Bertz CT molecular complexity index is 233. The first-order chi connectivity index (χ1) is 5.46. The maximum atomic E-state index is 8.59. The summed E-state index contributed by atoms with van der Waals surface area (Å²) in [5, 5.41) is 21.5. The van der Waals surface area contributed by atoms with E-state index in [2.05, 4.69) is 0 Å². The van der Waals surface area contributed by atoms with Gasteiger partial charge in [-0.2, -0.15) is 0 Å². The molecular formula is H4BCrO10PbS-. The van der Waals surface area contributed by atoms with Crippen molar-refractivity contribution in [1.82, 2.24) is 0 Å². The fourth-order valence-electron chi connectivity index (χ4n) is 0. The van der Waals surface area contributed by atoms with Crippen molar-refractivity contribution < 1.29 is 57.6 Å². The molecule has 0 aromatic heterocycles.